The monoisotopic (exact) mass is 249 g/mol. The summed E-state index contributed by atoms with van der Waals surface area (Å²) in [7, 11) is 0. The summed E-state index contributed by atoms with van der Waals surface area (Å²) in [6.07, 6.45) is -0.0149. The van der Waals surface area contributed by atoms with E-state index in [0.717, 1.165) is 6.54 Å². The highest BCUT2D eigenvalue weighted by atomic mass is 32.2. The van der Waals surface area contributed by atoms with Gasteiger partial charge in [0.05, 0.1) is 12.6 Å². The second-order valence-electron chi connectivity index (χ2n) is 3.74. The normalized spacial score (nSPS) is 21.7. The highest BCUT2D eigenvalue weighted by Gasteiger charge is 2.14. The quantitative estimate of drug-likeness (QED) is 0.745. The molecule has 0 aromatic rings. The van der Waals surface area contributed by atoms with E-state index in [1.165, 1.54) is 17.3 Å². The van der Waals surface area contributed by atoms with Crippen molar-refractivity contribution in [1.29, 1.82) is 0 Å². The zero-order valence-corrected chi connectivity index (χ0v) is 11.0. The number of thioether (sulfide) groups is 2. The van der Waals surface area contributed by atoms with Crippen molar-refractivity contribution < 1.29 is 9.53 Å². The average molecular weight is 249 g/mol. The molecular weight excluding hydrogens is 230 g/mol. The molecule has 1 fully saturated rings. The topological polar surface area (TPSA) is 38.3 Å². The first kappa shape index (κ1) is 13.2. The van der Waals surface area contributed by atoms with Gasteiger partial charge in [-0.1, -0.05) is 0 Å². The minimum atomic E-state index is -0.154. The Bertz CT molecular complexity index is 194. The van der Waals surface area contributed by atoms with Crippen molar-refractivity contribution in [2.24, 2.45) is 0 Å². The van der Waals surface area contributed by atoms with Gasteiger partial charge >= 0.3 is 5.97 Å². The Morgan fingerprint density at radius 3 is 2.93 bits per heavy atom. The largest absolute Gasteiger partial charge is 0.462 e. The number of carbonyl (C=O) groups is 1. The molecule has 0 saturated carbocycles. The van der Waals surface area contributed by atoms with Crippen LogP contribution in [0.2, 0.25) is 0 Å². The fourth-order valence-corrected chi connectivity index (χ4v) is 3.94. The number of hydrogen-bond acceptors (Lipinski definition) is 5. The van der Waals surface area contributed by atoms with Gasteiger partial charge in [-0.05, 0) is 13.8 Å². The van der Waals surface area contributed by atoms with Crippen LogP contribution >= 0.6 is 23.5 Å². The van der Waals surface area contributed by atoms with E-state index in [1.807, 2.05) is 37.4 Å². The molecular formula is C10H19NO2S2. The number of esters is 1. The molecule has 1 heterocycles. The SMILES string of the molecule is CC(C)OC(=O)CNCC1CSCCS1. The molecule has 0 aromatic heterocycles. The van der Waals surface area contributed by atoms with Gasteiger partial charge < -0.3 is 10.1 Å². The van der Waals surface area contributed by atoms with E-state index >= 15 is 0 Å². The van der Waals surface area contributed by atoms with E-state index in [2.05, 4.69) is 5.32 Å². The van der Waals surface area contributed by atoms with Crippen LogP contribution in [-0.2, 0) is 9.53 Å². The van der Waals surface area contributed by atoms with E-state index < -0.39 is 0 Å². The summed E-state index contributed by atoms with van der Waals surface area (Å²) in [6, 6.07) is 0. The lowest BCUT2D eigenvalue weighted by atomic mass is 10.4. The number of nitrogens with one attached hydrogen (secondary N) is 1. The van der Waals surface area contributed by atoms with Gasteiger partial charge in [0.15, 0.2) is 0 Å². The van der Waals surface area contributed by atoms with Gasteiger partial charge in [-0.3, -0.25) is 4.79 Å². The lowest BCUT2D eigenvalue weighted by molar-refractivity contribution is -0.146. The molecule has 0 bridgehead atoms. The van der Waals surface area contributed by atoms with Crippen molar-refractivity contribution in [3.8, 4) is 0 Å². The molecule has 1 N–H and O–H groups in total. The third-order valence-electron chi connectivity index (χ3n) is 1.89. The van der Waals surface area contributed by atoms with E-state index in [-0.39, 0.29) is 12.1 Å². The van der Waals surface area contributed by atoms with Gasteiger partial charge in [0.2, 0.25) is 0 Å². The maximum Gasteiger partial charge on any atom is 0.320 e. The Morgan fingerprint density at radius 1 is 1.53 bits per heavy atom. The Balaban J connectivity index is 2.02. The van der Waals surface area contributed by atoms with E-state index in [0.29, 0.717) is 11.8 Å². The molecule has 1 aliphatic rings. The van der Waals surface area contributed by atoms with Crippen molar-refractivity contribution >= 4 is 29.5 Å². The first-order chi connectivity index (χ1) is 7.18. The van der Waals surface area contributed by atoms with Gasteiger partial charge in [-0.25, -0.2) is 0 Å². The van der Waals surface area contributed by atoms with Gasteiger partial charge in [-0.2, -0.15) is 23.5 Å². The summed E-state index contributed by atoms with van der Waals surface area (Å²) >= 11 is 3.99. The molecule has 1 saturated heterocycles. The van der Waals surface area contributed by atoms with Crippen LogP contribution < -0.4 is 5.32 Å². The molecule has 88 valence electrons. The van der Waals surface area contributed by atoms with Crippen molar-refractivity contribution in [3.63, 3.8) is 0 Å². The van der Waals surface area contributed by atoms with Gasteiger partial charge in [0.25, 0.3) is 0 Å². The lowest BCUT2D eigenvalue weighted by Gasteiger charge is -2.21. The van der Waals surface area contributed by atoms with Crippen molar-refractivity contribution in [2.45, 2.75) is 25.2 Å². The molecule has 1 unspecified atom stereocenters. The zero-order valence-electron chi connectivity index (χ0n) is 9.32. The van der Waals surface area contributed by atoms with Crippen molar-refractivity contribution in [1.82, 2.24) is 5.32 Å². The van der Waals surface area contributed by atoms with Crippen molar-refractivity contribution in [2.75, 3.05) is 30.3 Å². The summed E-state index contributed by atoms with van der Waals surface area (Å²) in [5.41, 5.74) is 0. The molecule has 5 heteroatoms. The number of rotatable bonds is 5. The molecule has 1 atom stereocenters. The van der Waals surface area contributed by atoms with E-state index in [9.17, 15) is 4.79 Å². The summed E-state index contributed by atoms with van der Waals surface area (Å²) < 4.78 is 5.03. The minimum Gasteiger partial charge on any atom is -0.462 e. The summed E-state index contributed by atoms with van der Waals surface area (Å²) in [5, 5.41) is 3.80. The van der Waals surface area contributed by atoms with Crippen LogP contribution in [0.4, 0.5) is 0 Å². The molecule has 0 spiro atoms. The highest BCUT2D eigenvalue weighted by Crippen LogP contribution is 2.23. The first-order valence-electron chi connectivity index (χ1n) is 5.28. The Hall–Kier alpha value is 0.130. The zero-order chi connectivity index (χ0) is 11.1. The first-order valence-corrected chi connectivity index (χ1v) is 7.48. The van der Waals surface area contributed by atoms with Crippen LogP contribution in [0.1, 0.15) is 13.8 Å². The van der Waals surface area contributed by atoms with Gasteiger partial charge in [0.1, 0.15) is 0 Å². The number of carbonyl (C=O) groups excluding carboxylic acids is 1. The second kappa shape index (κ2) is 7.41. The summed E-state index contributed by atoms with van der Waals surface area (Å²) in [6.45, 7) is 4.97. The molecule has 0 radical (unpaired) electrons. The van der Waals surface area contributed by atoms with Crippen LogP contribution in [0.25, 0.3) is 0 Å². The van der Waals surface area contributed by atoms with Crippen LogP contribution in [0.15, 0.2) is 0 Å². The fraction of sp³-hybridized carbons (Fsp3) is 0.900. The summed E-state index contributed by atoms with van der Waals surface area (Å²) in [5.74, 6) is 3.53. The lowest BCUT2D eigenvalue weighted by Crippen LogP contribution is -2.33. The standard InChI is InChI=1S/C10H19NO2S2/c1-8(2)13-10(12)6-11-5-9-7-14-3-4-15-9/h8-9,11H,3-7H2,1-2H3. The second-order valence-corrected chi connectivity index (χ2v) is 6.30. The molecule has 0 aliphatic carbocycles. The third-order valence-corrected chi connectivity index (χ3v) is 4.74. The number of hydrogen-bond donors (Lipinski definition) is 1. The maximum absolute atomic E-state index is 11.2. The molecule has 15 heavy (non-hydrogen) atoms. The van der Waals surface area contributed by atoms with Gasteiger partial charge in [-0.15, -0.1) is 0 Å². The molecule has 3 nitrogen and oxygen atoms in total. The van der Waals surface area contributed by atoms with Gasteiger partial charge in [0, 0.05) is 29.1 Å². The van der Waals surface area contributed by atoms with Crippen LogP contribution in [0.3, 0.4) is 0 Å². The van der Waals surface area contributed by atoms with Crippen LogP contribution in [0, 0.1) is 0 Å². The Morgan fingerprint density at radius 2 is 2.33 bits per heavy atom. The van der Waals surface area contributed by atoms with Crippen LogP contribution in [-0.4, -0.2) is 47.7 Å². The number of ether oxygens (including phenoxy) is 1. The Labute approximate surface area is 100 Å². The predicted octanol–water partition coefficient (Wildman–Crippen LogP) is 1.38. The van der Waals surface area contributed by atoms with Crippen LogP contribution in [0.5, 0.6) is 0 Å². The smallest absolute Gasteiger partial charge is 0.320 e. The Kier molecular flexibility index (Phi) is 6.52. The predicted molar refractivity (Wildman–Crippen MR) is 67.7 cm³/mol. The average Bonchev–Trinajstić information content (AvgIpc) is 2.18. The highest BCUT2D eigenvalue weighted by molar-refractivity contribution is 8.06. The van der Waals surface area contributed by atoms with Crippen molar-refractivity contribution in [3.05, 3.63) is 0 Å². The third kappa shape index (κ3) is 6.33. The molecule has 1 rings (SSSR count). The maximum atomic E-state index is 11.2. The minimum absolute atomic E-state index is 0.0149. The van der Waals surface area contributed by atoms with E-state index in [4.69, 9.17) is 4.74 Å². The summed E-state index contributed by atoms with van der Waals surface area (Å²) in [4.78, 5) is 11.2. The molecule has 1 aliphatic heterocycles. The van der Waals surface area contributed by atoms with E-state index in [1.54, 1.807) is 0 Å². The molecule has 0 amide bonds. The fourth-order valence-electron chi connectivity index (χ4n) is 1.29. The molecule has 0 aromatic carbocycles.